The standard InChI is InChI=1S/C18H24N4O2/c1-23-14-8-9-16(24-2)15(10-14)22-18-11-17(19-12-20-18)21-13-6-4-3-5-7-13/h8-13H,3-7H2,1-2H3,(H2,19,20,21,22). The van der Waals surface area contributed by atoms with Gasteiger partial charge in [-0.1, -0.05) is 19.3 Å². The summed E-state index contributed by atoms with van der Waals surface area (Å²) in [6, 6.07) is 8.04. The molecule has 128 valence electrons. The van der Waals surface area contributed by atoms with Crippen molar-refractivity contribution in [1.82, 2.24) is 9.97 Å². The van der Waals surface area contributed by atoms with Gasteiger partial charge < -0.3 is 20.1 Å². The van der Waals surface area contributed by atoms with Gasteiger partial charge in [-0.05, 0) is 25.0 Å². The van der Waals surface area contributed by atoms with Gasteiger partial charge >= 0.3 is 0 Å². The van der Waals surface area contributed by atoms with Crippen molar-refractivity contribution in [1.29, 1.82) is 0 Å². The van der Waals surface area contributed by atoms with Crippen molar-refractivity contribution in [3.63, 3.8) is 0 Å². The van der Waals surface area contributed by atoms with Gasteiger partial charge in [0.1, 0.15) is 29.5 Å². The first-order valence-corrected chi connectivity index (χ1v) is 8.36. The van der Waals surface area contributed by atoms with Gasteiger partial charge in [-0.15, -0.1) is 0 Å². The lowest BCUT2D eigenvalue weighted by molar-refractivity contribution is 0.405. The quantitative estimate of drug-likeness (QED) is 0.836. The Labute approximate surface area is 142 Å². The van der Waals surface area contributed by atoms with Crippen molar-refractivity contribution < 1.29 is 9.47 Å². The molecule has 6 heteroatoms. The highest BCUT2D eigenvalue weighted by molar-refractivity contribution is 5.67. The molecular weight excluding hydrogens is 304 g/mol. The maximum Gasteiger partial charge on any atom is 0.142 e. The van der Waals surface area contributed by atoms with Crippen LogP contribution in [0.15, 0.2) is 30.6 Å². The average Bonchev–Trinajstić information content (AvgIpc) is 2.63. The van der Waals surface area contributed by atoms with E-state index in [1.807, 2.05) is 24.3 Å². The van der Waals surface area contributed by atoms with Crippen LogP contribution in [0.3, 0.4) is 0 Å². The molecule has 0 radical (unpaired) electrons. The highest BCUT2D eigenvalue weighted by Gasteiger charge is 2.14. The van der Waals surface area contributed by atoms with E-state index in [9.17, 15) is 0 Å². The monoisotopic (exact) mass is 328 g/mol. The maximum absolute atomic E-state index is 5.39. The molecule has 0 unspecified atom stereocenters. The molecule has 1 heterocycles. The Balaban J connectivity index is 1.74. The zero-order chi connectivity index (χ0) is 16.8. The van der Waals surface area contributed by atoms with Crippen LogP contribution in [0, 0.1) is 0 Å². The number of ether oxygens (including phenoxy) is 2. The van der Waals surface area contributed by atoms with Gasteiger partial charge in [-0.25, -0.2) is 9.97 Å². The summed E-state index contributed by atoms with van der Waals surface area (Å²) < 4.78 is 10.7. The van der Waals surface area contributed by atoms with Crippen LogP contribution in [0.25, 0.3) is 0 Å². The van der Waals surface area contributed by atoms with E-state index in [-0.39, 0.29) is 0 Å². The molecule has 1 aliphatic rings. The summed E-state index contributed by atoms with van der Waals surface area (Å²) in [7, 11) is 3.28. The number of benzene rings is 1. The van der Waals surface area contributed by atoms with Crippen molar-refractivity contribution >= 4 is 17.3 Å². The minimum atomic E-state index is 0.507. The van der Waals surface area contributed by atoms with E-state index in [0.29, 0.717) is 6.04 Å². The Morgan fingerprint density at radius 2 is 1.75 bits per heavy atom. The molecule has 0 amide bonds. The summed E-state index contributed by atoms with van der Waals surface area (Å²) in [4.78, 5) is 8.63. The normalized spacial score (nSPS) is 14.9. The van der Waals surface area contributed by atoms with Gasteiger partial charge in [-0.2, -0.15) is 0 Å². The molecule has 6 nitrogen and oxygen atoms in total. The second-order valence-corrected chi connectivity index (χ2v) is 5.96. The van der Waals surface area contributed by atoms with E-state index in [0.717, 1.165) is 28.8 Å². The summed E-state index contributed by atoms with van der Waals surface area (Å²) >= 11 is 0. The molecule has 0 aliphatic heterocycles. The molecule has 1 aliphatic carbocycles. The molecule has 2 aromatic rings. The fraction of sp³-hybridized carbons (Fsp3) is 0.444. The van der Waals surface area contributed by atoms with Crippen molar-refractivity contribution in [3.05, 3.63) is 30.6 Å². The Bertz CT molecular complexity index is 672. The van der Waals surface area contributed by atoms with Gasteiger partial charge in [0.25, 0.3) is 0 Å². The zero-order valence-electron chi connectivity index (χ0n) is 14.2. The molecule has 24 heavy (non-hydrogen) atoms. The first-order chi connectivity index (χ1) is 11.8. The Morgan fingerprint density at radius 1 is 0.958 bits per heavy atom. The third-order valence-electron chi connectivity index (χ3n) is 4.29. The van der Waals surface area contributed by atoms with Crippen molar-refractivity contribution in [2.75, 3.05) is 24.9 Å². The smallest absolute Gasteiger partial charge is 0.142 e. The van der Waals surface area contributed by atoms with Crippen LogP contribution >= 0.6 is 0 Å². The topological polar surface area (TPSA) is 68.3 Å². The molecule has 3 rings (SSSR count). The number of methoxy groups -OCH3 is 2. The highest BCUT2D eigenvalue weighted by atomic mass is 16.5. The van der Waals surface area contributed by atoms with E-state index in [1.165, 1.54) is 32.1 Å². The predicted octanol–water partition coefficient (Wildman–Crippen LogP) is 3.98. The lowest BCUT2D eigenvalue weighted by atomic mass is 9.95. The summed E-state index contributed by atoms with van der Waals surface area (Å²) in [5.74, 6) is 3.06. The van der Waals surface area contributed by atoms with E-state index >= 15 is 0 Å². The van der Waals surface area contributed by atoms with Crippen LogP contribution < -0.4 is 20.1 Å². The first kappa shape index (κ1) is 16.4. The average molecular weight is 328 g/mol. The van der Waals surface area contributed by atoms with E-state index in [1.54, 1.807) is 20.5 Å². The molecule has 1 saturated carbocycles. The predicted molar refractivity (Wildman–Crippen MR) is 95.4 cm³/mol. The van der Waals surface area contributed by atoms with Crippen molar-refractivity contribution in [2.45, 2.75) is 38.1 Å². The molecule has 0 atom stereocenters. The summed E-state index contributed by atoms with van der Waals surface area (Å²) in [6.07, 6.45) is 7.89. The fourth-order valence-electron chi connectivity index (χ4n) is 3.01. The molecular formula is C18H24N4O2. The first-order valence-electron chi connectivity index (χ1n) is 8.36. The largest absolute Gasteiger partial charge is 0.497 e. The molecule has 1 aromatic carbocycles. The van der Waals surface area contributed by atoms with Crippen LogP contribution in [0.4, 0.5) is 17.3 Å². The van der Waals surface area contributed by atoms with Gasteiger partial charge in [0.2, 0.25) is 0 Å². The minimum absolute atomic E-state index is 0.507. The fourth-order valence-corrected chi connectivity index (χ4v) is 3.01. The van der Waals surface area contributed by atoms with E-state index in [2.05, 4.69) is 20.6 Å². The summed E-state index contributed by atoms with van der Waals surface area (Å²) in [6.45, 7) is 0. The van der Waals surface area contributed by atoms with Crippen molar-refractivity contribution in [2.24, 2.45) is 0 Å². The number of nitrogens with zero attached hydrogens (tertiary/aromatic N) is 2. The number of hydrogen-bond donors (Lipinski definition) is 2. The van der Waals surface area contributed by atoms with Crippen molar-refractivity contribution in [3.8, 4) is 11.5 Å². The van der Waals surface area contributed by atoms with Gasteiger partial charge in [0.15, 0.2) is 0 Å². The third-order valence-corrected chi connectivity index (χ3v) is 4.29. The number of anilines is 3. The minimum Gasteiger partial charge on any atom is -0.497 e. The number of rotatable bonds is 6. The zero-order valence-corrected chi connectivity index (χ0v) is 14.2. The maximum atomic E-state index is 5.39. The van der Waals surface area contributed by atoms with Gasteiger partial charge in [-0.3, -0.25) is 0 Å². The summed E-state index contributed by atoms with van der Waals surface area (Å²) in [5.41, 5.74) is 0.805. The highest BCUT2D eigenvalue weighted by Crippen LogP contribution is 2.31. The summed E-state index contributed by atoms with van der Waals surface area (Å²) in [5, 5.41) is 6.79. The molecule has 0 bridgehead atoms. The van der Waals surface area contributed by atoms with Crippen LogP contribution in [-0.2, 0) is 0 Å². The van der Waals surface area contributed by atoms with Crippen LogP contribution in [-0.4, -0.2) is 30.2 Å². The molecule has 1 fully saturated rings. The molecule has 2 N–H and O–H groups in total. The van der Waals surface area contributed by atoms with Crippen LogP contribution in [0.5, 0.6) is 11.5 Å². The molecule has 0 saturated heterocycles. The second kappa shape index (κ2) is 7.86. The van der Waals surface area contributed by atoms with E-state index in [4.69, 9.17) is 9.47 Å². The Hall–Kier alpha value is -2.50. The van der Waals surface area contributed by atoms with E-state index < -0.39 is 0 Å². The van der Waals surface area contributed by atoms with Gasteiger partial charge in [0, 0.05) is 18.2 Å². The Kier molecular flexibility index (Phi) is 5.36. The SMILES string of the molecule is COc1ccc(OC)c(Nc2cc(NC3CCCCC3)ncn2)c1. The third kappa shape index (κ3) is 4.07. The lowest BCUT2D eigenvalue weighted by Crippen LogP contribution is -2.22. The molecule has 1 aromatic heterocycles. The molecule has 0 spiro atoms. The number of aromatic nitrogens is 2. The van der Waals surface area contributed by atoms with Crippen LogP contribution in [0.1, 0.15) is 32.1 Å². The number of nitrogens with one attached hydrogen (secondary N) is 2. The Morgan fingerprint density at radius 3 is 2.50 bits per heavy atom. The lowest BCUT2D eigenvalue weighted by Gasteiger charge is -2.23. The second-order valence-electron chi connectivity index (χ2n) is 5.96. The van der Waals surface area contributed by atoms with Gasteiger partial charge in [0.05, 0.1) is 19.9 Å². The number of hydrogen-bond acceptors (Lipinski definition) is 6. The van der Waals surface area contributed by atoms with Crippen LogP contribution in [0.2, 0.25) is 0 Å².